The lowest BCUT2D eigenvalue weighted by Gasteiger charge is -2.26. The zero-order valence-corrected chi connectivity index (χ0v) is 57.4. The Morgan fingerprint density at radius 2 is 0.450 bits per heavy atom. The summed E-state index contributed by atoms with van der Waals surface area (Å²) in [5, 5.41) is 0. The van der Waals surface area contributed by atoms with Gasteiger partial charge in [-0.2, -0.15) is 52.7 Å². The largest absolute Gasteiger partial charge is 0.790 e. The van der Waals surface area contributed by atoms with Crippen molar-refractivity contribution in [2.24, 2.45) is 0 Å². The fourth-order valence-corrected chi connectivity index (χ4v) is 1.25. The van der Waals surface area contributed by atoms with Crippen molar-refractivity contribution in [3.63, 3.8) is 0 Å². The van der Waals surface area contributed by atoms with Gasteiger partial charge in [0.25, 0.3) is 15.6 Å². The van der Waals surface area contributed by atoms with E-state index in [1.807, 2.05) is 0 Å². The van der Waals surface area contributed by atoms with E-state index in [4.69, 9.17) is 9.79 Å². The van der Waals surface area contributed by atoms with E-state index in [1.165, 1.54) is 24.5 Å². The normalized spacial score (nSPS) is 11.8. The zero-order valence-electron chi connectivity index (χ0n) is 52.0. The third-order valence-corrected chi connectivity index (χ3v) is 5.67. The van der Waals surface area contributed by atoms with Crippen LogP contribution in [0.4, 0.5) is 149 Å². The summed E-state index contributed by atoms with van der Waals surface area (Å²) in [7, 11) is -8.81. The van der Waals surface area contributed by atoms with Crippen LogP contribution in [0.5, 0.6) is 0 Å². The van der Waals surface area contributed by atoms with Crippen LogP contribution in [-0.2, 0) is 54.5 Å². The number of rotatable bonds is 18. The molecule has 0 heterocycles. The second kappa shape index (κ2) is 101. The SMILES string of the molecule is CN(C)CF.CN(C)CF.CN(C)CF.CN(C)CF.CN(C)CF.FCC(F)(F)F.FCC(F)(F)F.FCF.FCF.FCF.FCF.FCN(C(F)(F)F)C(F)(F)F.O=P([O-])(O)OCF.O=P([O-])(O)OCF.O=P([O-])([O-])OCF.O=P([O-])([O-])OCF.O=[P+]([O-])OCF.O=[P+]([O-])OCF. The Morgan fingerprint density at radius 3 is 0.450 bits per heavy atom. The molecule has 0 aliphatic rings. The molecule has 0 bridgehead atoms. The smallest absolute Gasteiger partial charge is 0.491 e. The van der Waals surface area contributed by atoms with Gasteiger partial charge in [-0.05, 0) is 79.6 Å². The average molecular weight is 1720 g/mol. The molecular formula is C32H68F34N6O22P6-6. The number of halogens is 34. The first-order valence-corrected chi connectivity index (χ1v) is 29.6. The maximum Gasteiger partial charge on any atom is 0.491 e. The van der Waals surface area contributed by atoms with Crippen molar-refractivity contribution in [2.45, 2.75) is 25.0 Å². The van der Waals surface area contributed by atoms with Crippen molar-refractivity contribution in [3.8, 4) is 0 Å². The summed E-state index contributed by atoms with van der Waals surface area (Å²) in [5.41, 5.74) is 0. The van der Waals surface area contributed by atoms with Gasteiger partial charge in [-0.3, -0.25) is 42.7 Å². The van der Waals surface area contributed by atoms with Gasteiger partial charge in [-0.15, -0.1) is 9.05 Å². The Balaban J connectivity index is -0.0000000449. The van der Waals surface area contributed by atoms with Gasteiger partial charge in [0, 0.05) is 0 Å². The quantitative estimate of drug-likeness (QED) is 0.0766. The van der Waals surface area contributed by atoms with E-state index < -0.39 is 167 Å². The van der Waals surface area contributed by atoms with E-state index in [2.05, 4.69) is 27.1 Å². The standard InChI is InChI=1S/C3H2F7N.5C3H8FN.2C2H2F4.4CH2F2.4CH4FO4P.2CH2FO3P/c4-1-11(2(5,6)7)3(8,9)10;5*1-5(2)3-4;2*3-1-2(4,5)6;4*2-1-3;4*2-1-6-7(3,4)5;2*2-1-5-6(3)4/h1H2;5*3H2,1-2H3;2*1H2;4*1H2;4*1H2,(H2,3,4,5);2*1H2/p-6. The highest BCUT2D eigenvalue weighted by molar-refractivity contribution is 7.45. The monoisotopic (exact) mass is 1720 g/mol. The Kier molecular flexibility index (Phi) is 145. The minimum Gasteiger partial charge on any atom is -0.790 e. The Bertz CT molecular complexity index is 1530. The number of phosphoric acid groups is 4. The van der Waals surface area contributed by atoms with E-state index in [0.29, 0.717) is 0 Å². The first-order valence-electron chi connectivity index (χ1n) is 21.5. The molecule has 0 spiro atoms. The molecular weight excluding hydrogens is 1650 g/mol. The number of hydrogen-bond donors (Lipinski definition) is 2. The van der Waals surface area contributed by atoms with Crippen LogP contribution >= 0.6 is 47.8 Å². The van der Waals surface area contributed by atoms with Crippen LogP contribution in [0, 0.1) is 0 Å². The Labute approximate surface area is 548 Å². The van der Waals surface area contributed by atoms with E-state index in [9.17, 15) is 216 Å². The molecule has 0 aromatic carbocycles. The fourth-order valence-electron chi connectivity index (χ4n) is 0.602. The minimum absolute atomic E-state index is 0.361. The summed E-state index contributed by atoms with van der Waals surface area (Å²) in [5.74, 6) is 0. The molecule has 0 aromatic heterocycles. The van der Waals surface area contributed by atoms with Crippen LogP contribution in [-0.4, -0.2) is 258 Å². The minimum atomic E-state index is -5.72. The third-order valence-electron chi connectivity index (χ3n) is 3.38. The molecule has 0 rings (SSSR count). The Hall–Kier alpha value is -2.14. The van der Waals surface area contributed by atoms with Crippen LogP contribution in [0.1, 0.15) is 0 Å². The van der Waals surface area contributed by atoms with Gasteiger partial charge < -0.3 is 67.1 Å². The van der Waals surface area contributed by atoms with Crippen LogP contribution in [0.3, 0.4) is 0 Å². The van der Waals surface area contributed by atoms with Crippen LogP contribution < -0.4 is 39.1 Å². The van der Waals surface area contributed by atoms with Crippen LogP contribution in [0.15, 0.2) is 0 Å². The summed E-state index contributed by atoms with van der Waals surface area (Å²) in [6.45, 7) is -24.6. The molecule has 4 atom stereocenters. The molecule has 0 amide bonds. The second-order valence-corrected chi connectivity index (χ2v) is 19.2. The molecule has 632 valence electrons. The van der Waals surface area contributed by atoms with Gasteiger partial charge >= 0.3 is 41.5 Å². The van der Waals surface area contributed by atoms with Gasteiger partial charge in [-0.1, -0.05) is 4.90 Å². The van der Waals surface area contributed by atoms with Crippen LogP contribution in [0.2, 0.25) is 0 Å². The van der Waals surface area contributed by atoms with E-state index >= 15 is 0 Å². The maximum atomic E-state index is 11.2. The lowest BCUT2D eigenvalue weighted by atomic mass is 10.8. The molecule has 2 N–H and O–H groups in total. The molecule has 0 aliphatic heterocycles. The summed E-state index contributed by atoms with van der Waals surface area (Å²) in [4.78, 5) is 94.3. The number of alkyl halides is 34. The van der Waals surface area contributed by atoms with Gasteiger partial charge in [0.1, 0.15) is 34.0 Å². The highest BCUT2D eigenvalue weighted by atomic mass is 31.2. The molecule has 4 unspecified atom stereocenters. The predicted octanol–water partition coefficient (Wildman–Crippen LogP) is 7.39. The van der Waals surface area contributed by atoms with E-state index in [0.717, 1.165) is 0 Å². The average Bonchev–Trinajstić information content (AvgIpc) is 0.843. The summed E-state index contributed by atoms with van der Waals surface area (Å²) < 4.78 is 432. The van der Waals surface area contributed by atoms with Gasteiger partial charge in [0.05, 0.1) is 15.6 Å². The molecule has 68 heteroatoms. The zero-order chi connectivity index (χ0) is 85.6. The molecule has 100 heavy (non-hydrogen) atoms. The maximum absolute atomic E-state index is 11.2. The van der Waals surface area contributed by atoms with Crippen molar-refractivity contribution in [1.29, 1.82) is 0 Å². The first-order chi connectivity index (χ1) is 44.6. The molecule has 0 aromatic rings. The number of nitrogens with zero attached hydrogens (tertiary/aromatic N) is 6. The Morgan fingerprint density at radius 1 is 0.320 bits per heavy atom. The highest BCUT2D eigenvalue weighted by Gasteiger charge is 2.53. The van der Waals surface area contributed by atoms with Crippen molar-refractivity contribution < 1.29 is 253 Å². The lowest BCUT2D eigenvalue weighted by molar-refractivity contribution is -0.380. The van der Waals surface area contributed by atoms with Gasteiger partial charge in [0.2, 0.25) is 41.4 Å². The lowest BCUT2D eigenvalue weighted by Crippen LogP contribution is -2.47. The number of hydrogen-bond acceptors (Lipinski definition) is 26. The van der Waals surface area contributed by atoms with Crippen molar-refractivity contribution in [3.05, 3.63) is 0 Å². The van der Waals surface area contributed by atoms with Crippen molar-refractivity contribution in [1.82, 2.24) is 29.4 Å². The predicted molar refractivity (Wildman–Crippen MR) is 263 cm³/mol. The highest BCUT2D eigenvalue weighted by Crippen LogP contribution is 2.33. The summed E-state index contributed by atoms with van der Waals surface area (Å²) in [6.07, 6.45) is -20.7. The topological polar surface area (TPSA) is 402 Å². The fraction of sp³-hybridized carbons (Fsp3) is 1.00. The van der Waals surface area contributed by atoms with Crippen LogP contribution in [0.25, 0.3) is 0 Å². The van der Waals surface area contributed by atoms with Gasteiger partial charge in [0.15, 0.2) is 47.6 Å². The summed E-state index contributed by atoms with van der Waals surface area (Å²) in [6, 6.07) is 0. The molecule has 28 nitrogen and oxygen atoms in total. The molecule has 0 radical (unpaired) electrons. The summed E-state index contributed by atoms with van der Waals surface area (Å²) >= 11 is 0. The first kappa shape index (κ1) is 144. The molecule has 0 saturated heterocycles. The molecule has 0 saturated carbocycles. The van der Waals surface area contributed by atoms with E-state index in [1.54, 1.807) is 70.5 Å². The van der Waals surface area contributed by atoms with Gasteiger partial charge in [-0.25, -0.2) is 96.6 Å². The second-order valence-electron chi connectivity index (χ2n) is 13.1. The molecule has 0 fully saturated rings. The number of phosphoric ester groups is 4. The van der Waals surface area contributed by atoms with Crippen molar-refractivity contribution >= 4 is 47.8 Å². The van der Waals surface area contributed by atoms with E-state index in [-0.39, 0.29) is 34.0 Å². The third kappa shape index (κ3) is 347. The molecule has 0 aliphatic carbocycles. The van der Waals surface area contributed by atoms with Crippen molar-refractivity contribution in [2.75, 3.05) is 193 Å².